The first-order chi connectivity index (χ1) is 17.0. The maximum Gasteiger partial charge on any atom is 0.166 e. The van der Waals surface area contributed by atoms with Crippen LogP contribution in [-0.4, -0.2) is 61.2 Å². The van der Waals surface area contributed by atoms with Gasteiger partial charge in [0.2, 0.25) is 0 Å². The number of para-hydroxylation sites is 1. The molecule has 0 aromatic heterocycles. The number of β-amino-alcohol motifs (C(OH)–C–C–N with tert-alkyl or cyclic N) is 1. The van der Waals surface area contributed by atoms with Crippen LogP contribution >= 0.6 is 12.4 Å². The molecule has 4 rings (SSSR count). The molecule has 1 heterocycles. The maximum atomic E-state index is 13.1. The lowest BCUT2D eigenvalue weighted by molar-refractivity contribution is 0.0655. The standard InChI is InChI=1S/C29H33FN2O3.ClH/c1-22-5-4-6-25(19-22)32-17-15-31(16-18-32)20-26(33)21-35-29-8-3-2-7-27(29)28(34)14-11-23-9-12-24(30)13-10-23;/h2-10,12-13,19,26,33H,11,14-18,20-21H2,1H3;1H. The van der Waals surface area contributed by atoms with Gasteiger partial charge < -0.3 is 14.7 Å². The SMILES string of the molecule is Cc1cccc(N2CCN(CC(O)COc3ccccc3C(=O)CCc3ccc(F)cc3)CC2)c1.Cl. The average molecular weight is 513 g/mol. The van der Waals surface area contributed by atoms with Crippen LogP contribution < -0.4 is 9.64 Å². The minimum Gasteiger partial charge on any atom is -0.490 e. The zero-order chi connectivity index (χ0) is 24.6. The molecule has 0 saturated carbocycles. The van der Waals surface area contributed by atoms with E-state index in [0.717, 1.165) is 31.7 Å². The maximum absolute atomic E-state index is 13.1. The molecule has 1 atom stereocenters. The number of rotatable bonds is 10. The predicted octanol–water partition coefficient (Wildman–Crippen LogP) is 4.93. The summed E-state index contributed by atoms with van der Waals surface area (Å²) in [5.41, 5.74) is 3.92. The third-order valence-corrected chi connectivity index (χ3v) is 6.38. The highest BCUT2D eigenvalue weighted by Crippen LogP contribution is 2.22. The van der Waals surface area contributed by atoms with Gasteiger partial charge in [-0.2, -0.15) is 0 Å². The Hall–Kier alpha value is -2.93. The van der Waals surface area contributed by atoms with Gasteiger partial charge in [-0.15, -0.1) is 12.4 Å². The summed E-state index contributed by atoms with van der Waals surface area (Å²) in [7, 11) is 0. The normalized spacial score (nSPS) is 14.7. The third-order valence-electron chi connectivity index (χ3n) is 6.38. The van der Waals surface area contributed by atoms with Crippen molar-refractivity contribution in [1.29, 1.82) is 0 Å². The van der Waals surface area contributed by atoms with E-state index in [4.69, 9.17) is 4.74 Å². The van der Waals surface area contributed by atoms with Gasteiger partial charge in [-0.1, -0.05) is 36.4 Å². The summed E-state index contributed by atoms with van der Waals surface area (Å²) in [6.07, 6.45) is 0.188. The number of ether oxygens (including phenoxy) is 1. The minimum absolute atomic E-state index is 0. The first kappa shape index (κ1) is 27.7. The van der Waals surface area contributed by atoms with Crippen molar-refractivity contribution in [3.05, 3.63) is 95.3 Å². The van der Waals surface area contributed by atoms with Gasteiger partial charge in [0.15, 0.2) is 5.78 Å². The summed E-state index contributed by atoms with van der Waals surface area (Å²) in [4.78, 5) is 17.4. The van der Waals surface area contributed by atoms with Gasteiger partial charge >= 0.3 is 0 Å². The lowest BCUT2D eigenvalue weighted by Crippen LogP contribution is -2.49. The van der Waals surface area contributed by atoms with Gasteiger partial charge in [-0.05, 0) is 60.9 Å². The molecule has 0 bridgehead atoms. The highest BCUT2D eigenvalue weighted by Gasteiger charge is 2.20. The topological polar surface area (TPSA) is 53.0 Å². The monoisotopic (exact) mass is 512 g/mol. The Bertz CT molecular complexity index is 1120. The number of hydrogen-bond acceptors (Lipinski definition) is 5. The molecule has 1 fully saturated rings. The van der Waals surface area contributed by atoms with E-state index in [0.29, 0.717) is 30.7 Å². The average Bonchev–Trinajstić information content (AvgIpc) is 2.87. The van der Waals surface area contributed by atoms with E-state index < -0.39 is 6.10 Å². The van der Waals surface area contributed by atoms with E-state index in [1.54, 1.807) is 24.3 Å². The van der Waals surface area contributed by atoms with E-state index in [-0.39, 0.29) is 30.6 Å². The van der Waals surface area contributed by atoms with Gasteiger partial charge in [0.05, 0.1) is 5.56 Å². The molecule has 3 aromatic carbocycles. The minimum atomic E-state index is -0.650. The second-order valence-corrected chi connectivity index (χ2v) is 9.14. The summed E-state index contributed by atoms with van der Waals surface area (Å²) < 4.78 is 19.0. The van der Waals surface area contributed by atoms with Crippen molar-refractivity contribution in [3.8, 4) is 5.75 Å². The summed E-state index contributed by atoms with van der Waals surface area (Å²) in [6.45, 7) is 6.35. The zero-order valence-electron chi connectivity index (χ0n) is 20.6. The number of piperazine rings is 1. The molecule has 7 heteroatoms. The molecule has 0 spiro atoms. The quantitative estimate of drug-likeness (QED) is 0.390. The molecule has 1 aliphatic rings. The third kappa shape index (κ3) is 7.79. The number of carbonyl (C=O) groups is 1. The lowest BCUT2D eigenvalue weighted by atomic mass is 10.0. The van der Waals surface area contributed by atoms with Gasteiger partial charge in [0, 0.05) is 44.8 Å². The van der Waals surface area contributed by atoms with Crippen molar-refractivity contribution < 1.29 is 19.0 Å². The molecular formula is C29H34ClFN2O3. The fraction of sp³-hybridized carbons (Fsp3) is 0.345. The van der Waals surface area contributed by atoms with Crippen LogP contribution in [0.2, 0.25) is 0 Å². The van der Waals surface area contributed by atoms with E-state index in [1.807, 2.05) is 12.1 Å². The number of hydrogen-bond donors (Lipinski definition) is 1. The highest BCUT2D eigenvalue weighted by molar-refractivity contribution is 5.98. The second-order valence-electron chi connectivity index (χ2n) is 9.14. The Balaban J connectivity index is 0.00000361. The van der Waals surface area contributed by atoms with E-state index in [1.165, 1.54) is 23.4 Å². The van der Waals surface area contributed by atoms with Gasteiger partial charge in [-0.25, -0.2) is 4.39 Å². The van der Waals surface area contributed by atoms with Crippen molar-refractivity contribution in [3.63, 3.8) is 0 Å². The fourth-order valence-electron chi connectivity index (χ4n) is 4.42. The molecule has 1 unspecified atom stereocenters. The van der Waals surface area contributed by atoms with Crippen LogP contribution in [0.25, 0.3) is 0 Å². The van der Waals surface area contributed by atoms with Gasteiger partial charge in [0.25, 0.3) is 0 Å². The van der Waals surface area contributed by atoms with Crippen molar-refractivity contribution in [2.45, 2.75) is 25.9 Å². The van der Waals surface area contributed by atoms with Gasteiger partial charge in [0.1, 0.15) is 24.3 Å². The molecule has 0 aliphatic carbocycles. The van der Waals surface area contributed by atoms with Crippen LogP contribution in [0.15, 0.2) is 72.8 Å². The van der Waals surface area contributed by atoms with Crippen LogP contribution in [0, 0.1) is 12.7 Å². The Kier molecular flexibility index (Phi) is 10.3. The molecule has 0 amide bonds. The van der Waals surface area contributed by atoms with Crippen molar-refractivity contribution in [2.24, 2.45) is 0 Å². The van der Waals surface area contributed by atoms with Crippen LogP contribution in [-0.2, 0) is 6.42 Å². The number of benzene rings is 3. The number of ketones is 1. The first-order valence-electron chi connectivity index (χ1n) is 12.2. The molecule has 192 valence electrons. The second kappa shape index (κ2) is 13.4. The molecular weight excluding hydrogens is 479 g/mol. The molecule has 3 aromatic rings. The Morgan fingerprint density at radius 2 is 1.72 bits per heavy atom. The number of aliphatic hydroxyl groups excluding tert-OH is 1. The number of aryl methyl sites for hydroxylation is 2. The van der Waals surface area contributed by atoms with Crippen molar-refractivity contribution in [2.75, 3.05) is 44.2 Å². The van der Waals surface area contributed by atoms with Crippen LogP contribution in [0.3, 0.4) is 0 Å². The number of carbonyl (C=O) groups excluding carboxylic acids is 1. The number of Topliss-reactive ketones (excluding diaryl/α,β-unsaturated/α-hetero) is 1. The number of aliphatic hydroxyl groups is 1. The lowest BCUT2D eigenvalue weighted by Gasteiger charge is -2.37. The molecule has 1 saturated heterocycles. The zero-order valence-corrected chi connectivity index (χ0v) is 21.4. The molecule has 5 nitrogen and oxygen atoms in total. The number of halogens is 2. The fourth-order valence-corrected chi connectivity index (χ4v) is 4.42. The predicted molar refractivity (Wildman–Crippen MR) is 144 cm³/mol. The molecule has 36 heavy (non-hydrogen) atoms. The highest BCUT2D eigenvalue weighted by atomic mass is 35.5. The van der Waals surface area contributed by atoms with Crippen molar-refractivity contribution in [1.82, 2.24) is 4.90 Å². The van der Waals surface area contributed by atoms with E-state index in [9.17, 15) is 14.3 Å². The smallest absolute Gasteiger partial charge is 0.166 e. The van der Waals surface area contributed by atoms with E-state index in [2.05, 4.69) is 41.0 Å². The Morgan fingerprint density at radius 1 is 1.00 bits per heavy atom. The first-order valence-corrected chi connectivity index (χ1v) is 12.2. The molecule has 0 radical (unpaired) electrons. The van der Waals surface area contributed by atoms with Crippen LogP contribution in [0.4, 0.5) is 10.1 Å². The summed E-state index contributed by atoms with van der Waals surface area (Å²) in [5.74, 6) is 0.164. The summed E-state index contributed by atoms with van der Waals surface area (Å²) in [6, 6.07) is 21.9. The van der Waals surface area contributed by atoms with Crippen LogP contribution in [0.1, 0.15) is 27.9 Å². The Labute approximate surface area is 218 Å². The summed E-state index contributed by atoms with van der Waals surface area (Å²) in [5, 5.41) is 10.6. The van der Waals surface area contributed by atoms with Gasteiger partial charge in [-0.3, -0.25) is 9.69 Å². The Morgan fingerprint density at radius 3 is 2.44 bits per heavy atom. The van der Waals surface area contributed by atoms with Crippen molar-refractivity contribution >= 4 is 23.9 Å². The molecule has 1 N–H and O–H groups in total. The summed E-state index contributed by atoms with van der Waals surface area (Å²) >= 11 is 0. The van der Waals surface area contributed by atoms with Crippen LogP contribution in [0.5, 0.6) is 5.75 Å². The molecule has 1 aliphatic heterocycles. The number of nitrogens with zero attached hydrogens (tertiary/aromatic N) is 2. The largest absolute Gasteiger partial charge is 0.490 e. The number of anilines is 1. The van der Waals surface area contributed by atoms with E-state index >= 15 is 0 Å².